The van der Waals surface area contributed by atoms with Gasteiger partial charge >= 0.3 is 5.97 Å². The predicted molar refractivity (Wildman–Crippen MR) is 69.0 cm³/mol. The first-order chi connectivity index (χ1) is 8.54. The van der Waals surface area contributed by atoms with Gasteiger partial charge in [0.1, 0.15) is 5.82 Å². The number of methoxy groups -OCH3 is 1. The highest BCUT2D eigenvalue weighted by Crippen LogP contribution is 2.16. The minimum atomic E-state index is -0.490. The summed E-state index contributed by atoms with van der Waals surface area (Å²) in [6.45, 7) is 1.64. The lowest BCUT2D eigenvalue weighted by Gasteiger charge is -2.11. The molecule has 0 spiro atoms. The van der Waals surface area contributed by atoms with Crippen molar-refractivity contribution in [2.24, 2.45) is 0 Å². The van der Waals surface area contributed by atoms with Gasteiger partial charge in [-0.15, -0.1) is 11.8 Å². The van der Waals surface area contributed by atoms with Crippen LogP contribution in [0.2, 0.25) is 0 Å². The van der Waals surface area contributed by atoms with Gasteiger partial charge in [-0.1, -0.05) is 12.1 Å². The summed E-state index contributed by atoms with van der Waals surface area (Å²) in [6.07, 6.45) is 0. The molecule has 1 N–H and O–H groups in total. The van der Waals surface area contributed by atoms with E-state index in [1.54, 1.807) is 19.1 Å². The monoisotopic (exact) mass is 271 g/mol. The first-order valence-corrected chi connectivity index (χ1v) is 6.33. The number of carbonyl (C=O) groups is 2. The van der Waals surface area contributed by atoms with Crippen molar-refractivity contribution in [1.82, 2.24) is 0 Å². The van der Waals surface area contributed by atoms with E-state index in [1.807, 2.05) is 0 Å². The fourth-order valence-corrected chi connectivity index (χ4v) is 1.84. The Kier molecular flexibility index (Phi) is 5.64. The molecule has 0 radical (unpaired) electrons. The van der Waals surface area contributed by atoms with E-state index < -0.39 is 17.0 Å². The molecule has 0 aromatic heterocycles. The number of ether oxygens (including phenoxy) is 1. The van der Waals surface area contributed by atoms with Crippen LogP contribution in [0, 0.1) is 5.82 Å². The summed E-state index contributed by atoms with van der Waals surface area (Å²) in [6, 6.07) is 5.91. The summed E-state index contributed by atoms with van der Waals surface area (Å²) >= 11 is 1.13. The van der Waals surface area contributed by atoms with E-state index in [0.717, 1.165) is 11.8 Å². The second kappa shape index (κ2) is 7.00. The lowest BCUT2D eigenvalue weighted by molar-refractivity contribution is -0.137. The zero-order chi connectivity index (χ0) is 13.5. The van der Waals surface area contributed by atoms with Crippen LogP contribution in [0.25, 0.3) is 0 Å². The molecule has 0 unspecified atom stereocenters. The zero-order valence-electron chi connectivity index (χ0n) is 10.1. The Balaban J connectivity index is 2.50. The Bertz CT molecular complexity index is 439. The van der Waals surface area contributed by atoms with Crippen LogP contribution in [0.15, 0.2) is 24.3 Å². The molecule has 1 aromatic rings. The van der Waals surface area contributed by atoms with Gasteiger partial charge in [-0.05, 0) is 19.1 Å². The maximum Gasteiger partial charge on any atom is 0.315 e. The Morgan fingerprint density at radius 1 is 1.44 bits per heavy atom. The van der Waals surface area contributed by atoms with Crippen molar-refractivity contribution in [3.05, 3.63) is 30.1 Å². The van der Waals surface area contributed by atoms with Crippen molar-refractivity contribution >= 4 is 29.3 Å². The van der Waals surface area contributed by atoms with Crippen LogP contribution in [0.4, 0.5) is 10.1 Å². The Morgan fingerprint density at radius 3 is 2.72 bits per heavy atom. The first kappa shape index (κ1) is 14.5. The normalized spacial score (nSPS) is 11.7. The van der Waals surface area contributed by atoms with Crippen LogP contribution in [-0.2, 0) is 14.3 Å². The molecule has 98 valence electrons. The second-order valence-corrected chi connectivity index (χ2v) is 4.83. The van der Waals surface area contributed by atoms with E-state index in [2.05, 4.69) is 10.1 Å². The maximum atomic E-state index is 13.3. The van der Waals surface area contributed by atoms with Crippen molar-refractivity contribution in [3.63, 3.8) is 0 Å². The Morgan fingerprint density at radius 2 is 2.11 bits per heavy atom. The molecule has 1 atom stereocenters. The van der Waals surface area contributed by atoms with Gasteiger partial charge < -0.3 is 10.1 Å². The number of hydrogen-bond acceptors (Lipinski definition) is 4. The highest BCUT2D eigenvalue weighted by Gasteiger charge is 2.16. The van der Waals surface area contributed by atoms with Crippen LogP contribution in [0.1, 0.15) is 6.92 Å². The quantitative estimate of drug-likeness (QED) is 0.833. The van der Waals surface area contributed by atoms with Crippen LogP contribution in [0.5, 0.6) is 0 Å². The molecule has 0 aliphatic rings. The first-order valence-electron chi connectivity index (χ1n) is 5.28. The van der Waals surface area contributed by atoms with Crippen molar-refractivity contribution in [1.29, 1.82) is 0 Å². The predicted octanol–water partition coefficient (Wildman–Crippen LogP) is 2.06. The number of benzene rings is 1. The van der Waals surface area contributed by atoms with Crippen LogP contribution in [-0.4, -0.2) is 30.0 Å². The molecule has 0 bridgehead atoms. The van der Waals surface area contributed by atoms with Gasteiger partial charge in [0.05, 0.1) is 23.8 Å². The molecule has 0 fully saturated rings. The molecule has 0 aliphatic carbocycles. The Labute approximate surface area is 109 Å². The molecule has 6 heteroatoms. The highest BCUT2D eigenvalue weighted by molar-refractivity contribution is 8.01. The van der Waals surface area contributed by atoms with E-state index in [-0.39, 0.29) is 17.3 Å². The number of anilines is 1. The van der Waals surface area contributed by atoms with Crippen molar-refractivity contribution in [2.45, 2.75) is 12.2 Å². The van der Waals surface area contributed by atoms with E-state index in [9.17, 15) is 14.0 Å². The SMILES string of the molecule is COC(=O)CS[C@H](C)C(=O)Nc1ccccc1F. The number of halogens is 1. The van der Waals surface area contributed by atoms with Crippen molar-refractivity contribution in [3.8, 4) is 0 Å². The van der Waals surface area contributed by atoms with Crippen LogP contribution in [0.3, 0.4) is 0 Å². The number of carbonyl (C=O) groups excluding carboxylic acids is 2. The van der Waals surface area contributed by atoms with E-state index >= 15 is 0 Å². The third kappa shape index (κ3) is 4.37. The third-order valence-electron chi connectivity index (χ3n) is 2.18. The van der Waals surface area contributed by atoms with Crippen molar-refractivity contribution in [2.75, 3.05) is 18.2 Å². The zero-order valence-corrected chi connectivity index (χ0v) is 10.9. The average molecular weight is 271 g/mol. The van der Waals surface area contributed by atoms with Gasteiger partial charge in [0.2, 0.25) is 5.91 Å². The lowest BCUT2D eigenvalue weighted by Crippen LogP contribution is -2.24. The summed E-state index contributed by atoms with van der Waals surface area (Å²) in [5.74, 6) is -1.15. The van der Waals surface area contributed by atoms with Crippen LogP contribution >= 0.6 is 11.8 Å². The fraction of sp³-hybridized carbons (Fsp3) is 0.333. The third-order valence-corrected chi connectivity index (χ3v) is 3.30. The van der Waals surface area contributed by atoms with Gasteiger partial charge in [-0.25, -0.2) is 4.39 Å². The molecule has 1 aromatic carbocycles. The molecule has 0 saturated heterocycles. The number of thioether (sulfide) groups is 1. The second-order valence-electron chi connectivity index (χ2n) is 3.50. The van der Waals surface area contributed by atoms with E-state index in [4.69, 9.17) is 0 Å². The topological polar surface area (TPSA) is 55.4 Å². The highest BCUT2D eigenvalue weighted by atomic mass is 32.2. The summed E-state index contributed by atoms with van der Waals surface area (Å²) in [7, 11) is 1.28. The largest absolute Gasteiger partial charge is 0.468 e. The molecular weight excluding hydrogens is 257 g/mol. The summed E-state index contributed by atoms with van der Waals surface area (Å²) < 4.78 is 17.8. The standard InChI is InChI=1S/C12H14FNO3S/c1-8(18-7-11(15)17-2)12(16)14-10-6-4-3-5-9(10)13/h3-6,8H,7H2,1-2H3,(H,14,16)/t8-/m1/s1. The van der Waals surface area contributed by atoms with Gasteiger partial charge in [0.25, 0.3) is 0 Å². The van der Waals surface area contributed by atoms with Gasteiger partial charge in [-0.2, -0.15) is 0 Å². The molecular formula is C12H14FNO3S. The number of hydrogen-bond donors (Lipinski definition) is 1. The number of amides is 1. The summed E-state index contributed by atoms with van der Waals surface area (Å²) in [4.78, 5) is 22.6. The Hall–Kier alpha value is -1.56. The average Bonchev–Trinajstić information content (AvgIpc) is 2.38. The molecule has 18 heavy (non-hydrogen) atoms. The minimum absolute atomic E-state index is 0.0857. The summed E-state index contributed by atoms with van der Waals surface area (Å²) in [5.41, 5.74) is 0.132. The number of rotatable bonds is 5. The minimum Gasteiger partial charge on any atom is -0.468 e. The number of esters is 1. The van der Waals surface area contributed by atoms with Gasteiger partial charge in [-0.3, -0.25) is 9.59 Å². The van der Waals surface area contributed by atoms with Crippen LogP contribution < -0.4 is 5.32 Å². The molecule has 4 nitrogen and oxygen atoms in total. The van der Waals surface area contributed by atoms with E-state index in [0.29, 0.717) is 0 Å². The molecule has 1 amide bonds. The lowest BCUT2D eigenvalue weighted by atomic mass is 10.3. The molecule has 1 rings (SSSR count). The molecule has 0 saturated carbocycles. The number of para-hydroxylation sites is 1. The van der Waals surface area contributed by atoms with Gasteiger partial charge in [0, 0.05) is 0 Å². The smallest absolute Gasteiger partial charge is 0.315 e. The maximum absolute atomic E-state index is 13.3. The number of nitrogens with one attached hydrogen (secondary N) is 1. The van der Waals surface area contributed by atoms with Gasteiger partial charge in [0.15, 0.2) is 0 Å². The summed E-state index contributed by atoms with van der Waals surface area (Å²) in [5, 5.41) is 2.00. The van der Waals surface area contributed by atoms with Crippen molar-refractivity contribution < 1.29 is 18.7 Å². The molecule has 0 heterocycles. The van der Waals surface area contributed by atoms with E-state index in [1.165, 1.54) is 19.2 Å². The molecule has 0 aliphatic heterocycles. The fourth-order valence-electron chi connectivity index (χ4n) is 1.12.